The van der Waals surface area contributed by atoms with Crippen molar-refractivity contribution in [1.29, 1.82) is 0 Å². The van der Waals surface area contributed by atoms with Gasteiger partial charge in [0.05, 0.1) is 11.5 Å². The van der Waals surface area contributed by atoms with Crippen LogP contribution < -0.4 is 4.74 Å². The van der Waals surface area contributed by atoms with Crippen LogP contribution in [0.4, 0.5) is 0 Å². The van der Waals surface area contributed by atoms with Gasteiger partial charge in [-0.2, -0.15) is 8.42 Å². The number of hydrogen-bond donors (Lipinski definition) is 0. The van der Waals surface area contributed by atoms with Crippen LogP contribution in [0.15, 0.2) is 114 Å². The Kier molecular flexibility index (Phi) is 10.9. The summed E-state index contributed by atoms with van der Waals surface area (Å²) in [5, 5.41) is 0. The average molecular weight is 570 g/mol. The van der Waals surface area contributed by atoms with Crippen molar-refractivity contribution in [2.45, 2.75) is 32.1 Å². The normalized spacial score (nSPS) is 12.3. The number of hydrogen-bond acceptors (Lipinski definition) is 5. The van der Waals surface area contributed by atoms with Crippen LogP contribution in [0.3, 0.4) is 0 Å². The smallest absolute Gasteiger partial charge is 0.296 e. The fourth-order valence-electron chi connectivity index (χ4n) is 4.75. The summed E-state index contributed by atoms with van der Waals surface area (Å²) < 4.78 is 37.4. The van der Waals surface area contributed by atoms with Crippen molar-refractivity contribution in [3.05, 3.63) is 131 Å². The van der Waals surface area contributed by atoms with Crippen molar-refractivity contribution in [1.82, 2.24) is 4.90 Å². The predicted octanol–water partition coefficient (Wildman–Crippen LogP) is 7.47. The van der Waals surface area contributed by atoms with Gasteiger partial charge in [0.15, 0.2) is 0 Å². The van der Waals surface area contributed by atoms with E-state index in [9.17, 15) is 8.42 Å². The first-order valence-corrected chi connectivity index (χ1v) is 15.6. The number of aryl methyl sites for hydroxylation is 1. The van der Waals surface area contributed by atoms with Gasteiger partial charge in [-0.3, -0.25) is 4.18 Å². The van der Waals surface area contributed by atoms with Crippen LogP contribution in [-0.2, 0) is 14.3 Å². The van der Waals surface area contributed by atoms with E-state index in [1.165, 1.54) is 0 Å². The van der Waals surface area contributed by atoms with Crippen molar-refractivity contribution >= 4 is 21.3 Å². The monoisotopic (exact) mass is 569 g/mol. The molecule has 41 heavy (non-hydrogen) atoms. The molecule has 0 fully saturated rings. The molecule has 0 aliphatic heterocycles. The first-order valence-electron chi connectivity index (χ1n) is 14.2. The second-order valence-electron chi connectivity index (χ2n) is 9.82. The zero-order valence-corrected chi connectivity index (χ0v) is 24.9. The Hall–Kier alpha value is -3.71. The highest BCUT2D eigenvalue weighted by Crippen LogP contribution is 2.35. The van der Waals surface area contributed by atoms with Crippen molar-refractivity contribution in [3.63, 3.8) is 0 Å². The Labute approximate surface area is 245 Å². The van der Waals surface area contributed by atoms with Gasteiger partial charge in [-0.1, -0.05) is 104 Å². The molecule has 0 radical (unpaired) electrons. The van der Waals surface area contributed by atoms with E-state index in [-0.39, 0.29) is 11.5 Å². The SMILES string of the molecule is CCN(CC)CCOc1ccc(/C(=C(/CCOS(=O)(=O)c2ccc(C)cc2)c2ccccc2)c2ccccc2)cc1. The number of benzene rings is 4. The maximum Gasteiger partial charge on any atom is 0.296 e. The molecule has 214 valence electrons. The highest BCUT2D eigenvalue weighted by molar-refractivity contribution is 7.86. The molecule has 4 rings (SSSR count). The third-order valence-electron chi connectivity index (χ3n) is 7.10. The Balaban J connectivity index is 1.65. The van der Waals surface area contributed by atoms with Crippen LogP contribution in [0, 0.1) is 6.92 Å². The van der Waals surface area contributed by atoms with Crippen molar-refractivity contribution in [2.75, 3.05) is 32.8 Å². The van der Waals surface area contributed by atoms with Crippen molar-refractivity contribution in [2.24, 2.45) is 0 Å². The van der Waals surface area contributed by atoms with Crippen LogP contribution >= 0.6 is 0 Å². The van der Waals surface area contributed by atoms with Gasteiger partial charge < -0.3 is 9.64 Å². The van der Waals surface area contributed by atoms with E-state index in [0.717, 1.165) is 58.8 Å². The minimum absolute atomic E-state index is 0.0172. The second-order valence-corrected chi connectivity index (χ2v) is 11.4. The highest BCUT2D eigenvalue weighted by atomic mass is 32.2. The Morgan fingerprint density at radius 1 is 0.683 bits per heavy atom. The number of nitrogens with zero attached hydrogens (tertiary/aromatic N) is 1. The molecule has 4 aromatic carbocycles. The maximum absolute atomic E-state index is 12.9. The lowest BCUT2D eigenvalue weighted by Crippen LogP contribution is -2.27. The largest absolute Gasteiger partial charge is 0.492 e. The lowest BCUT2D eigenvalue weighted by Gasteiger charge is -2.19. The Morgan fingerprint density at radius 2 is 1.24 bits per heavy atom. The summed E-state index contributed by atoms with van der Waals surface area (Å²) in [6.07, 6.45) is 0.404. The quantitative estimate of drug-likeness (QED) is 0.116. The summed E-state index contributed by atoms with van der Waals surface area (Å²) in [4.78, 5) is 2.49. The van der Waals surface area contributed by atoms with E-state index in [0.29, 0.717) is 13.0 Å². The molecule has 0 heterocycles. The van der Waals surface area contributed by atoms with Crippen LogP contribution in [0.5, 0.6) is 5.75 Å². The average Bonchev–Trinajstić information content (AvgIpc) is 3.00. The van der Waals surface area contributed by atoms with E-state index in [1.807, 2.05) is 55.5 Å². The van der Waals surface area contributed by atoms with Gasteiger partial charge in [-0.15, -0.1) is 0 Å². The third-order valence-corrected chi connectivity index (χ3v) is 8.43. The number of likely N-dealkylation sites (N-methyl/N-ethyl adjacent to an activating group) is 1. The minimum atomic E-state index is -3.88. The molecule has 0 N–H and O–H groups in total. The molecule has 5 nitrogen and oxygen atoms in total. The van der Waals surface area contributed by atoms with Crippen LogP contribution in [0.2, 0.25) is 0 Å². The molecule has 6 heteroatoms. The van der Waals surface area contributed by atoms with Crippen molar-refractivity contribution < 1.29 is 17.3 Å². The topological polar surface area (TPSA) is 55.8 Å². The number of ether oxygens (including phenoxy) is 1. The van der Waals surface area contributed by atoms with Gasteiger partial charge in [0, 0.05) is 6.54 Å². The molecular weight excluding hydrogens is 530 g/mol. The molecular formula is C35H39NO4S. The molecule has 0 unspecified atom stereocenters. The molecule has 0 atom stereocenters. The summed E-state index contributed by atoms with van der Waals surface area (Å²) in [6, 6.07) is 35.1. The third kappa shape index (κ3) is 8.40. The lowest BCUT2D eigenvalue weighted by molar-refractivity contribution is 0.223. The van der Waals surface area contributed by atoms with E-state index >= 15 is 0 Å². The zero-order chi connectivity index (χ0) is 29.1. The van der Waals surface area contributed by atoms with Gasteiger partial charge in [0.1, 0.15) is 12.4 Å². The van der Waals surface area contributed by atoms with E-state index in [2.05, 4.69) is 55.1 Å². The number of rotatable bonds is 14. The summed E-state index contributed by atoms with van der Waals surface area (Å²) in [7, 11) is -3.88. The van der Waals surface area contributed by atoms with E-state index < -0.39 is 10.1 Å². The molecule has 0 spiro atoms. The molecule has 0 saturated heterocycles. The van der Waals surface area contributed by atoms with E-state index in [1.54, 1.807) is 24.3 Å². The van der Waals surface area contributed by atoms with Gasteiger partial charge in [-0.05, 0) is 78.5 Å². The minimum Gasteiger partial charge on any atom is -0.492 e. The standard InChI is InChI=1S/C35H39NO4S/c1-4-36(5-2)25-27-39-32-20-18-31(19-21-32)35(30-14-10-7-11-15-30)34(29-12-8-6-9-13-29)24-26-40-41(37,38)33-22-16-28(3)17-23-33/h6-23H,4-5,24-27H2,1-3H3/b35-34-. The van der Waals surface area contributed by atoms with Gasteiger partial charge in [0.2, 0.25) is 0 Å². The Bertz CT molecular complexity index is 1490. The Morgan fingerprint density at radius 3 is 1.83 bits per heavy atom. The summed E-state index contributed by atoms with van der Waals surface area (Å²) in [6.45, 7) is 9.77. The lowest BCUT2D eigenvalue weighted by atomic mass is 9.88. The van der Waals surface area contributed by atoms with E-state index in [4.69, 9.17) is 8.92 Å². The fourth-order valence-corrected chi connectivity index (χ4v) is 5.66. The molecule has 4 aromatic rings. The van der Waals surface area contributed by atoms with Gasteiger partial charge >= 0.3 is 0 Å². The van der Waals surface area contributed by atoms with Crippen molar-refractivity contribution in [3.8, 4) is 5.75 Å². The molecule has 0 aliphatic rings. The second kappa shape index (κ2) is 14.8. The van der Waals surface area contributed by atoms with Gasteiger partial charge in [0.25, 0.3) is 10.1 Å². The van der Waals surface area contributed by atoms with Crippen LogP contribution in [0.25, 0.3) is 11.1 Å². The molecule has 0 saturated carbocycles. The zero-order valence-electron chi connectivity index (χ0n) is 24.1. The summed E-state index contributed by atoms with van der Waals surface area (Å²) in [5.74, 6) is 0.821. The fraction of sp³-hybridized carbons (Fsp3) is 0.257. The molecule has 0 aromatic heterocycles. The summed E-state index contributed by atoms with van der Waals surface area (Å²) in [5.41, 5.74) is 6.11. The molecule has 0 bridgehead atoms. The first-order chi connectivity index (χ1) is 19.9. The molecule has 0 amide bonds. The molecule has 0 aliphatic carbocycles. The first kappa shape index (κ1) is 30.3. The van der Waals surface area contributed by atoms with Crippen LogP contribution in [0.1, 0.15) is 42.5 Å². The summed E-state index contributed by atoms with van der Waals surface area (Å²) >= 11 is 0. The predicted molar refractivity (Wildman–Crippen MR) is 167 cm³/mol. The van der Waals surface area contributed by atoms with Crippen LogP contribution in [-0.4, -0.2) is 46.2 Å². The maximum atomic E-state index is 12.9. The highest BCUT2D eigenvalue weighted by Gasteiger charge is 2.18. The van der Waals surface area contributed by atoms with Gasteiger partial charge in [-0.25, -0.2) is 0 Å².